The number of benzene rings is 1. The number of rotatable bonds is 4. The van der Waals surface area contributed by atoms with Gasteiger partial charge in [0, 0.05) is 10.0 Å². The van der Waals surface area contributed by atoms with Gasteiger partial charge in [0.05, 0.1) is 17.4 Å². The highest BCUT2D eigenvalue weighted by Crippen LogP contribution is 2.24. The van der Waals surface area contributed by atoms with Crippen LogP contribution in [0.3, 0.4) is 0 Å². The predicted molar refractivity (Wildman–Crippen MR) is 78.0 cm³/mol. The summed E-state index contributed by atoms with van der Waals surface area (Å²) in [7, 11) is 0. The molecular formula is C13H16Cl2N4. The van der Waals surface area contributed by atoms with Gasteiger partial charge in [-0.3, -0.25) is 0 Å². The van der Waals surface area contributed by atoms with Crippen LogP contribution in [-0.4, -0.2) is 15.0 Å². The van der Waals surface area contributed by atoms with Gasteiger partial charge in [-0.1, -0.05) is 42.3 Å². The topological polar surface area (TPSA) is 56.7 Å². The predicted octanol–water partition coefficient (Wildman–Crippen LogP) is 3.55. The van der Waals surface area contributed by atoms with Crippen molar-refractivity contribution in [3.8, 4) is 5.69 Å². The van der Waals surface area contributed by atoms with Crippen molar-refractivity contribution in [1.29, 1.82) is 0 Å². The molecular weight excluding hydrogens is 283 g/mol. The molecule has 1 aromatic carbocycles. The van der Waals surface area contributed by atoms with Crippen LogP contribution < -0.4 is 5.73 Å². The monoisotopic (exact) mass is 298 g/mol. The summed E-state index contributed by atoms with van der Waals surface area (Å²) < 4.78 is 1.75. The summed E-state index contributed by atoms with van der Waals surface area (Å²) in [5, 5.41) is 9.51. The van der Waals surface area contributed by atoms with Gasteiger partial charge in [-0.25, -0.2) is 4.68 Å². The minimum atomic E-state index is -0.0987. The van der Waals surface area contributed by atoms with Gasteiger partial charge >= 0.3 is 0 Å². The highest BCUT2D eigenvalue weighted by atomic mass is 35.5. The fraction of sp³-hybridized carbons (Fsp3) is 0.385. The number of nitrogens with two attached hydrogens (primary N) is 1. The maximum absolute atomic E-state index is 6.05. The van der Waals surface area contributed by atoms with E-state index < -0.39 is 0 Å². The third-order valence-electron chi connectivity index (χ3n) is 3.01. The SMILES string of the molecule is CCc1c(C(N)CC)nnn1-c1cc(Cl)cc(Cl)c1. The van der Waals surface area contributed by atoms with Crippen LogP contribution in [0.2, 0.25) is 10.0 Å². The van der Waals surface area contributed by atoms with E-state index in [0.717, 1.165) is 29.9 Å². The lowest BCUT2D eigenvalue weighted by Crippen LogP contribution is -2.12. The fourth-order valence-electron chi connectivity index (χ4n) is 1.99. The van der Waals surface area contributed by atoms with E-state index in [1.54, 1.807) is 10.7 Å². The number of aromatic nitrogens is 3. The molecule has 2 N–H and O–H groups in total. The van der Waals surface area contributed by atoms with Crippen LogP contribution in [0.5, 0.6) is 0 Å². The molecule has 0 radical (unpaired) electrons. The van der Waals surface area contributed by atoms with E-state index in [9.17, 15) is 0 Å². The zero-order valence-electron chi connectivity index (χ0n) is 10.9. The van der Waals surface area contributed by atoms with Crippen molar-refractivity contribution in [2.75, 3.05) is 0 Å². The van der Waals surface area contributed by atoms with E-state index >= 15 is 0 Å². The third-order valence-corrected chi connectivity index (χ3v) is 3.45. The summed E-state index contributed by atoms with van der Waals surface area (Å²) >= 11 is 12.0. The first-order valence-electron chi connectivity index (χ1n) is 6.23. The number of hydrogen-bond acceptors (Lipinski definition) is 3. The molecule has 2 rings (SSSR count). The van der Waals surface area contributed by atoms with Crippen LogP contribution in [0.1, 0.15) is 37.7 Å². The Labute approximate surface area is 122 Å². The summed E-state index contributed by atoms with van der Waals surface area (Å²) in [6, 6.07) is 5.21. The molecule has 0 fully saturated rings. The van der Waals surface area contributed by atoms with Crippen molar-refractivity contribution < 1.29 is 0 Å². The fourth-order valence-corrected chi connectivity index (χ4v) is 2.51. The molecule has 0 saturated heterocycles. The summed E-state index contributed by atoms with van der Waals surface area (Å²) in [6.07, 6.45) is 1.61. The molecule has 0 aliphatic carbocycles. The van der Waals surface area contributed by atoms with E-state index in [1.807, 2.05) is 26.0 Å². The first-order valence-corrected chi connectivity index (χ1v) is 6.98. The largest absolute Gasteiger partial charge is 0.323 e. The Morgan fingerprint density at radius 2 is 1.84 bits per heavy atom. The van der Waals surface area contributed by atoms with Gasteiger partial charge in [-0.05, 0) is 31.0 Å². The average molecular weight is 299 g/mol. The lowest BCUT2D eigenvalue weighted by atomic mass is 10.1. The van der Waals surface area contributed by atoms with Crippen LogP contribution in [0.4, 0.5) is 0 Å². The first-order chi connectivity index (χ1) is 9.06. The van der Waals surface area contributed by atoms with Crippen molar-refractivity contribution >= 4 is 23.2 Å². The molecule has 0 spiro atoms. The molecule has 0 amide bonds. The van der Waals surface area contributed by atoms with Gasteiger partial charge in [0.15, 0.2) is 0 Å². The van der Waals surface area contributed by atoms with Crippen molar-refractivity contribution in [2.24, 2.45) is 5.73 Å². The normalized spacial score (nSPS) is 12.7. The van der Waals surface area contributed by atoms with Crippen LogP contribution in [0.15, 0.2) is 18.2 Å². The second-order valence-electron chi connectivity index (χ2n) is 4.33. The summed E-state index contributed by atoms with van der Waals surface area (Å²) in [6.45, 7) is 4.08. The Kier molecular flexibility index (Phi) is 4.45. The van der Waals surface area contributed by atoms with Crippen LogP contribution >= 0.6 is 23.2 Å². The summed E-state index contributed by atoms with van der Waals surface area (Å²) in [4.78, 5) is 0. The molecule has 2 aromatic rings. The highest BCUT2D eigenvalue weighted by Gasteiger charge is 2.17. The van der Waals surface area contributed by atoms with Crippen molar-refractivity contribution in [2.45, 2.75) is 32.7 Å². The van der Waals surface area contributed by atoms with Gasteiger partial charge in [0.25, 0.3) is 0 Å². The number of halogens is 2. The molecule has 6 heteroatoms. The Balaban J connectivity index is 2.53. The summed E-state index contributed by atoms with van der Waals surface area (Å²) in [5.41, 5.74) is 8.68. The maximum Gasteiger partial charge on any atom is 0.103 e. The molecule has 102 valence electrons. The standard InChI is InChI=1S/C13H16Cl2N4/c1-3-11(16)13-12(4-2)19(18-17-13)10-6-8(14)5-9(15)7-10/h5-7,11H,3-4,16H2,1-2H3. The minimum absolute atomic E-state index is 0.0987. The second kappa shape index (κ2) is 5.90. The summed E-state index contributed by atoms with van der Waals surface area (Å²) in [5.74, 6) is 0. The first kappa shape index (κ1) is 14.3. The molecule has 19 heavy (non-hydrogen) atoms. The molecule has 1 aromatic heterocycles. The Morgan fingerprint density at radius 1 is 1.21 bits per heavy atom. The lowest BCUT2D eigenvalue weighted by molar-refractivity contribution is 0.665. The van der Waals surface area contributed by atoms with E-state index in [1.165, 1.54) is 0 Å². The number of hydrogen-bond donors (Lipinski definition) is 1. The molecule has 0 saturated carbocycles. The van der Waals surface area contributed by atoms with Gasteiger partial charge in [0.1, 0.15) is 5.69 Å². The van der Waals surface area contributed by atoms with Crippen molar-refractivity contribution in [3.05, 3.63) is 39.6 Å². The lowest BCUT2D eigenvalue weighted by Gasteiger charge is -2.10. The molecule has 1 unspecified atom stereocenters. The van der Waals surface area contributed by atoms with E-state index in [0.29, 0.717) is 10.0 Å². The molecule has 0 aliphatic rings. The Bertz CT molecular complexity index is 560. The van der Waals surface area contributed by atoms with Crippen LogP contribution in [0.25, 0.3) is 5.69 Å². The van der Waals surface area contributed by atoms with Gasteiger partial charge in [-0.2, -0.15) is 0 Å². The quantitative estimate of drug-likeness (QED) is 0.939. The van der Waals surface area contributed by atoms with E-state index in [4.69, 9.17) is 28.9 Å². The zero-order chi connectivity index (χ0) is 14.0. The molecule has 1 heterocycles. The molecule has 0 bridgehead atoms. The number of nitrogens with zero attached hydrogens (tertiary/aromatic N) is 3. The van der Waals surface area contributed by atoms with Gasteiger partial charge < -0.3 is 5.73 Å². The van der Waals surface area contributed by atoms with Gasteiger partial charge in [0.2, 0.25) is 0 Å². The van der Waals surface area contributed by atoms with Gasteiger partial charge in [-0.15, -0.1) is 5.10 Å². The zero-order valence-corrected chi connectivity index (χ0v) is 12.4. The Morgan fingerprint density at radius 3 is 2.37 bits per heavy atom. The maximum atomic E-state index is 6.05. The molecule has 4 nitrogen and oxygen atoms in total. The molecule has 0 aliphatic heterocycles. The van der Waals surface area contributed by atoms with Crippen LogP contribution in [0, 0.1) is 0 Å². The highest BCUT2D eigenvalue weighted by molar-refractivity contribution is 6.34. The Hall–Kier alpha value is -1.10. The second-order valence-corrected chi connectivity index (χ2v) is 5.20. The van der Waals surface area contributed by atoms with Crippen molar-refractivity contribution in [1.82, 2.24) is 15.0 Å². The minimum Gasteiger partial charge on any atom is -0.323 e. The van der Waals surface area contributed by atoms with E-state index in [2.05, 4.69) is 10.3 Å². The third kappa shape index (κ3) is 2.91. The smallest absolute Gasteiger partial charge is 0.103 e. The van der Waals surface area contributed by atoms with Crippen LogP contribution in [-0.2, 0) is 6.42 Å². The van der Waals surface area contributed by atoms with E-state index in [-0.39, 0.29) is 6.04 Å². The molecule has 1 atom stereocenters. The van der Waals surface area contributed by atoms with Crippen molar-refractivity contribution in [3.63, 3.8) is 0 Å². The average Bonchev–Trinajstić information content (AvgIpc) is 2.80.